The normalized spacial score (nSPS) is 30.1. The molecule has 12 N–H and O–H groups in total. The van der Waals surface area contributed by atoms with Gasteiger partial charge in [-0.25, -0.2) is 9.97 Å². The zero-order valence-corrected chi connectivity index (χ0v) is 20.3. The fourth-order valence-electron chi connectivity index (χ4n) is 4.48. The summed E-state index contributed by atoms with van der Waals surface area (Å²) in [7, 11) is 0. The predicted octanol–water partition coefficient (Wildman–Crippen LogP) is -5.37. The second-order valence-corrected chi connectivity index (χ2v) is 9.01. The van der Waals surface area contributed by atoms with Gasteiger partial charge in [-0.05, 0) is 0 Å². The highest BCUT2D eigenvalue weighted by atomic mass is 16.6. The molecule has 2 aliphatic heterocycles. The van der Waals surface area contributed by atoms with Crippen molar-refractivity contribution in [2.24, 2.45) is 0 Å². The standard InChI is InChI=1S/2C10H13N5O5/c2*11-10-13-7-4(8(19)14-10)12-2-15(7)9-6(18)5(17)3(1-16)20-9/h2*2-3,5-6,9,16-18H,1H2,(H3,11,13,14,19). The van der Waals surface area contributed by atoms with Crippen molar-refractivity contribution in [2.45, 2.75) is 49.1 Å². The van der Waals surface area contributed by atoms with E-state index in [0.717, 1.165) is 0 Å². The van der Waals surface area contributed by atoms with Crippen LogP contribution in [-0.4, -0.2) is 120 Å². The summed E-state index contributed by atoms with van der Waals surface area (Å²) in [4.78, 5) is 43.5. The van der Waals surface area contributed by atoms with Crippen LogP contribution in [0.4, 0.5) is 11.9 Å². The number of nitrogen functional groups attached to an aromatic ring is 2. The number of aromatic amines is 2. The number of hydrogen-bond acceptors (Lipinski definition) is 16. The highest BCUT2D eigenvalue weighted by molar-refractivity contribution is 5.71. The van der Waals surface area contributed by atoms with E-state index in [2.05, 4.69) is 29.9 Å². The summed E-state index contributed by atoms with van der Waals surface area (Å²) >= 11 is 0. The Morgan fingerprint density at radius 3 is 1.43 bits per heavy atom. The number of rotatable bonds is 4. The number of aromatic nitrogens is 8. The van der Waals surface area contributed by atoms with Gasteiger partial charge < -0.3 is 51.6 Å². The van der Waals surface area contributed by atoms with Crippen LogP contribution in [0.15, 0.2) is 22.2 Å². The molecule has 0 aromatic carbocycles. The SMILES string of the molecule is Nc1nc2c(ncn2C2OC(CO)C(O)C2O)c(=O)[nH]1.Nc1nc2c(ncn2C2OC(CO)C(O)C2O)c(=O)[nH]1. The lowest BCUT2D eigenvalue weighted by molar-refractivity contribution is -0.0511. The van der Waals surface area contributed by atoms with Gasteiger partial charge in [0.1, 0.15) is 36.6 Å². The van der Waals surface area contributed by atoms with Crippen molar-refractivity contribution in [3.63, 3.8) is 0 Å². The lowest BCUT2D eigenvalue weighted by Gasteiger charge is -2.16. The number of anilines is 2. The molecule has 0 aliphatic carbocycles. The second kappa shape index (κ2) is 10.5. The van der Waals surface area contributed by atoms with Gasteiger partial charge in [0.2, 0.25) is 11.9 Å². The number of ether oxygens (including phenoxy) is 2. The van der Waals surface area contributed by atoms with Crippen molar-refractivity contribution in [1.29, 1.82) is 0 Å². The maximum absolute atomic E-state index is 11.7. The maximum Gasteiger partial charge on any atom is 0.280 e. The van der Waals surface area contributed by atoms with Gasteiger partial charge in [-0.3, -0.25) is 28.7 Å². The third-order valence-corrected chi connectivity index (χ3v) is 6.48. The van der Waals surface area contributed by atoms with Gasteiger partial charge in [0.25, 0.3) is 11.1 Å². The molecule has 0 spiro atoms. The number of imidazole rings is 2. The van der Waals surface area contributed by atoms with Crippen LogP contribution >= 0.6 is 0 Å². The second-order valence-electron chi connectivity index (χ2n) is 9.01. The molecule has 4 aromatic heterocycles. The molecule has 0 saturated carbocycles. The van der Waals surface area contributed by atoms with Gasteiger partial charge in [-0.1, -0.05) is 0 Å². The fraction of sp³-hybridized carbons (Fsp3) is 0.500. The van der Waals surface area contributed by atoms with E-state index in [1.54, 1.807) is 0 Å². The zero-order chi connectivity index (χ0) is 28.9. The Hall–Kier alpha value is -4.02. The van der Waals surface area contributed by atoms with Crippen molar-refractivity contribution < 1.29 is 40.1 Å². The third-order valence-electron chi connectivity index (χ3n) is 6.48. The number of aliphatic hydroxyl groups excluding tert-OH is 6. The van der Waals surface area contributed by atoms with Crippen molar-refractivity contribution in [3.8, 4) is 0 Å². The Morgan fingerprint density at radius 1 is 0.725 bits per heavy atom. The van der Waals surface area contributed by atoms with E-state index in [1.807, 2.05) is 0 Å². The molecule has 0 bridgehead atoms. The average Bonchev–Trinajstić information content (AvgIpc) is 3.66. The van der Waals surface area contributed by atoms with E-state index in [-0.39, 0.29) is 34.2 Å². The molecule has 40 heavy (non-hydrogen) atoms. The van der Waals surface area contributed by atoms with E-state index in [1.165, 1.54) is 21.8 Å². The van der Waals surface area contributed by atoms with E-state index < -0.39 is 73.4 Å². The molecule has 20 nitrogen and oxygen atoms in total. The van der Waals surface area contributed by atoms with Crippen molar-refractivity contribution in [3.05, 3.63) is 33.4 Å². The third kappa shape index (κ3) is 4.56. The Morgan fingerprint density at radius 2 is 1.10 bits per heavy atom. The van der Waals surface area contributed by atoms with Crippen LogP contribution in [0.1, 0.15) is 12.5 Å². The predicted molar refractivity (Wildman–Crippen MR) is 131 cm³/mol. The molecule has 20 heteroatoms. The van der Waals surface area contributed by atoms with Crippen LogP contribution in [0.3, 0.4) is 0 Å². The van der Waals surface area contributed by atoms with Gasteiger partial charge >= 0.3 is 0 Å². The Balaban J connectivity index is 0.000000161. The van der Waals surface area contributed by atoms with E-state index >= 15 is 0 Å². The number of fused-ring (bicyclic) bond motifs is 2. The van der Waals surface area contributed by atoms with Gasteiger partial charge in [-0.2, -0.15) is 9.97 Å². The summed E-state index contributed by atoms with van der Waals surface area (Å²) in [5.41, 5.74) is 10.2. The summed E-state index contributed by atoms with van der Waals surface area (Å²) in [6.45, 7) is -0.894. The first-order chi connectivity index (χ1) is 19.0. The quantitative estimate of drug-likeness (QED) is 0.110. The number of nitrogens with zero attached hydrogens (tertiary/aromatic N) is 6. The molecule has 4 aromatic rings. The number of hydrogen-bond donors (Lipinski definition) is 10. The maximum atomic E-state index is 11.7. The van der Waals surface area contributed by atoms with Crippen LogP contribution in [0, 0.1) is 0 Å². The molecule has 2 aliphatic rings. The van der Waals surface area contributed by atoms with E-state index in [0.29, 0.717) is 0 Å². The Labute approximate surface area is 221 Å². The summed E-state index contributed by atoms with van der Waals surface area (Å²) in [6, 6.07) is 0. The number of aliphatic hydroxyl groups is 6. The summed E-state index contributed by atoms with van der Waals surface area (Å²) in [5.74, 6) is -0.202. The van der Waals surface area contributed by atoms with Crippen LogP contribution in [-0.2, 0) is 9.47 Å². The number of nitrogens with two attached hydrogens (primary N) is 2. The van der Waals surface area contributed by atoms with Crippen LogP contribution in [0.2, 0.25) is 0 Å². The minimum absolute atomic E-state index is 0.0388. The molecule has 2 saturated heterocycles. The van der Waals surface area contributed by atoms with Crippen molar-refractivity contribution in [1.82, 2.24) is 39.0 Å². The molecular formula is C20H26N10O10. The largest absolute Gasteiger partial charge is 0.394 e. The van der Waals surface area contributed by atoms with Gasteiger partial charge in [0.05, 0.1) is 25.9 Å². The number of H-pyrrole nitrogens is 2. The minimum Gasteiger partial charge on any atom is -0.394 e. The molecular weight excluding hydrogens is 540 g/mol. The van der Waals surface area contributed by atoms with E-state index in [9.17, 15) is 30.0 Å². The fourth-order valence-corrected chi connectivity index (χ4v) is 4.48. The van der Waals surface area contributed by atoms with Crippen LogP contribution < -0.4 is 22.6 Å². The topological polar surface area (TPSA) is 319 Å². The van der Waals surface area contributed by atoms with Crippen molar-refractivity contribution in [2.75, 3.05) is 24.7 Å². The van der Waals surface area contributed by atoms with Gasteiger partial charge in [-0.15, -0.1) is 0 Å². The Bertz CT molecular complexity index is 1510. The average molecular weight is 566 g/mol. The number of nitrogens with one attached hydrogen (secondary N) is 2. The Kier molecular flexibility index (Phi) is 7.24. The molecule has 8 atom stereocenters. The molecule has 8 unspecified atom stereocenters. The minimum atomic E-state index is -1.29. The van der Waals surface area contributed by atoms with Crippen LogP contribution in [0.5, 0.6) is 0 Å². The summed E-state index contributed by atoms with van der Waals surface area (Å²) in [5, 5.41) is 57.5. The van der Waals surface area contributed by atoms with Crippen molar-refractivity contribution >= 4 is 34.2 Å². The summed E-state index contributed by atoms with van der Waals surface area (Å²) < 4.78 is 13.3. The monoisotopic (exact) mass is 566 g/mol. The first kappa shape index (κ1) is 27.5. The first-order valence-corrected chi connectivity index (χ1v) is 11.7. The molecule has 0 radical (unpaired) electrons. The smallest absolute Gasteiger partial charge is 0.280 e. The van der Waals surface area contributed by atoms with Gasteiger partial charge in [0, 0.05) is 0 Å². The zero-order valence-electron chi connectivity index (χ0n) is 20.3. The molecule has 216 valence electrons. The highest BCUT2D eigenvalue weighted by Crippen LogP contribution is 2.32. The van der Waals surface area contributed by atoms with Crippen LogP contribution in [0.25, 0.3) is 22.3 Å². The first-order valence-electron chi connectivity index (χ1n) is 11.7. The lowest BCUT2D eigenvalue weighted by Crippen LogP contribution is -2.33. The lowest BCUT2D eigenvalue weighted by atomic mass is 10.1. The summed E-state index contributed by atoms with van der Waals surface area (Å²) in [6.07, 6.45) is -6.43. The van der Waals surface area contributed by atoms with Gasteiger partial charge in [0.15, 0.2) is 34.8 Å². The molecule has 6 heterocycles. The molecule has 0 amide bonds. The van der Waals surface area contributed by atoms with E-state index in [4.69, 9.17) is 31.2 Å². The highest BCUT2D eigenvalue weighted by Gasteiger charge is 2.45. The molecule has 2 fully saturated rings. The molecule has 6 rings (SSSR count).